The van der Waals surface area contributed by atoms with E-state index < -0.39 is 5.41 Å². The maximum atomic E-state index is 2.48. The lowest BCUT2D eigenvalue weighted by molar-refractivity contribution is 0.767. The minimum Gasteiger partial charge on any atom is -0.311 e. The average Bonchev–Trinajstić information content (AvgIpc) is 3.85. The van der Waals surface area contributed by atoms with Crippen LogP contribution in [0.4, 0.5) is 17.1 Å². The van der Waals surface area contributed by atoms with E-state index in [0.717, 1.165) is 22.7 Å². The first kappa shape index (κ1) is 36.6. The van der Waals surface area contributed by atoms with Gasteiger partial charge in [0, 0.05) is 33.5 Å². The van der Waals surface area contributed by atoms with Gasteiger partial charge in [-0.25, -0.2) is 0 Å². The Morgan fingerprint density at radius 2 is 0.778 bits per heavy atom. The van der Waals surface area contributed by atoms with Gasteiger partial charge in [-0.1, -0.05) is 194 Å². The second kappa shape index (κ2) is 15.1. The SMILES string of the molecule is c1ccc(N(c2ccccc2)c2ccc(-c3ccccc3-c3ccc4c5ccccc5n(-c5ccc6c(c5)C(c5ccccc5)(c5ccccc5)c5ccccc5-6)c4c3)cc2)cc1. The number of rotatable bonds is 8. The van der Waals surface area contributed by atoms with Gasteiger partial charge in [-0.2, -0.15) is 0 Å². The van der Waals surface area contributed by atoms with Gasteiger partial charge in [0.1, 0.15) is 0 Å². The third-order valence-electron chi connectivity index (χ3n) is 13.1. The van der Waals surface area contributed by atoms with Gasteiger partial charge in [-0.05, 0) is 116 Å². The highest BCUT2D eigenvalue weighted by Gasteiger charge is 2.46. The molecule has 1 aliphatic carbocycles. The molecule has 0 aliphatic heterocycles. The van der Waals surface area contributed by atoms with Gasteiger partial charge in [0.15, 0.2) is 0 Å². The summed E-state index contributed by atoms with van der Waals surface area (Å²) < 4.78 is 2.48. The number of hydrogen-bond acceptors (Lipinski definition) is 1. The van der Waals surface area contributed by atoms with Crippen LogP contribution in [0, 0.1) is 0 Å². The summed E-state index contributed by atoms with van der Waals surface area (Å²) in [6, 6.07) is 93.1. The quantitative estimate of drug-likeness (QED) is 0.149. The van der Waals surface area contributed by atoms with Gasteiger partial charge in [0.05, 0.1) is 16.4 Å². The number of fused-ring (bicyclic) bond motifs is 6. The van der Waals surface area contributed by atoms with Crippen molar-refractivity contribution in [1.29, 1.82) is 0 Å². The monoisotopic (exact) mass is 802 g/mol. The highest BCUT2D eigenvalue weighted by atomic mass is 15.1. The first-order valence-electron chi connectivity index (χ1n) is 21.8. The van der Waals surface area contributed by atoms with Crippen LogP contribution in [0.2, 0.25) is 0 Å². The Kier molecular flexibility index (Phi) is 8.76. The van der Waals surface area contributed by atoms with E-state index in [1.807, 2.05) is 0 Å². The zero-order valence-corrected chi connectivity index (χ0v) is 34.6. The average molecular weight is 803 g/mol. The summed E-state index contributed by atoms with van der Waals surface area (Å²) in [5, 5.41) is 2.48. The molecule has 12 rings (SSSR count). The fourth-order valence-electron chi connectivity index (χ4n) is 10.4. The third kappa shape index (κ3) is 5.87. The second-order valence-electron chi connectivity index (χ2n) is 16.4. The van der Waals surface area contributed by atoms with E-state index in [4.69, 9.17) is 0 Å². The van der Waals surface area contributed by atoms with Gasteiger partial charge in [-0.3, -0.25) is 0 Å². The lowest BCUT2D eigenvalue weighted by Crippen LogP contribution is -2.28. The molecule has 0 N–H and O–H groups in total. The van der Waals surface area contributed by atoms with Crippen LogP contribution in [0.5, 0.6) is 0 Å². The third-order valence-corrected chi connectivity index (χ3v) is 13.1. The van der Waals surface area contributed by atoms with Crippen LogP contribution >= 0.6 is 0 Å². The fourth-order valence-corrected chi connectivity index (χ4v) is 10.4. The van der Waals surface area contributed by atoms with E-state index >= 15 is 0 Å². The molecule has 63 heavy (non-hydrogen) atoms. The van der Waals surface area contributed by atoms with Crippen LogP contribution in [0.25, 0.3) is 60.9 Å². The van der Waals surface area contributed by atoms with Gasteiger partial charge < -0.3 is 9.47 Å². The van der Waals surface area contributed by atoms with E-state index in [0.29, 0.717) is 0 Å². The fraction of sp³-hybridized carbons (Fsp3) is 0.0164. The van der Waals surface area contributed by atoms with Crippen LogP contribution in [-0.4, -0.2) is 4.57 Å². The molecule has 0 bridgehead atoms. The molecule has 0 radical (unpaired) electrons. The molecule has 2 heteroatoms. The maximum absolute atomic E-state index is 2.48. The molecule has 0 saturated heterocycles. The van der Waals surface area contributed by atoms with Crippen LogP contribution in [0.15, 0.2) is 255 Å². The van der Waals surface area contributed by atoms with Crippen molar-refractivity contribution in [1.82, 2.24) is 4.57 Å². The van der Waals surface area contributed by atoms with E-state index in [1.165, 1.54) is 77.4 Å². The predicted molar refractivity (Wildman–Crippen MR) is 264 cm³/mol. The topological polar surface area (TPSA) is 8.17 Å². The molecule has 0 unspecified atom stereocenters. The van der Waals surface area contributed by atoms with Crippen molar-refractivity contribution in [3.8, 4) is 39.1 Å². The molecule has 0 fully saturated rings. The number of anilines is 3. The van der Waals surface area contributed by atoms with E-state index in [-0.39, 0.29) is 0 Å². The van der Waals surface area contributed by atoms with Gasteiger partial charge >= 0.3 is 0 Å². The zero-order chi connectivity index (χ0) is 41.7. The maximum Gasteiger partial charge on any atom is 0.0714 e. The minimum atomic E-state index is -0.484. The van der Waals surface area contributed by atoms with Crippen molar-refractivity contribution < 1.29 is 0 Å². The molecule has 0 spiro atoms. The van der Waals surface area contributed by atoms with Crippen molar-refractivity contribution in [2.24, 2.45) is 0 Å². The number of benzene rings is 10. The largest absolute Gasteiger partial charge is 0.311 e. The normalized spacial score (nSPS) is 12.6. The summed E-state index contributed by atoms with van der Waals surface area (Å²) in [4.78, 5) is 2.31. The minimum absolute atomic E-state index is 0.484. The van der Waals surface area contributed by atoms with Crippen molar-refractivity contribution in [2.75, 3.05) is 4.90 Å². The molecular weight excluding hydrogens is 761 g/mol. The summed E-state index contributed by atoms with van der Waals surface area (Å²) >= 11 is 0. The predicted octanol–water partition coefficient (Wildman–Crippen LogP) is 16.0. The Morgan fingerprint density at radius 3 is 1.43 bits per heavy atom. The molecule has 1 heterocycles. The van der Waals surface area contributed by atoms with Crippen molar-refractivity contribution in [2.45, 2.75) is 5.41 Å². The molecular formula is C61H42N2. The smallest absolute Gasteiger partial charge is 0.0714 e. The van der Waals surface area contributed by atoms with Crippen molar-refractivity contribution in [3.63, 3.8) is 0 Å². The van der Waals surface area contributed by atoms with Crippen LogP contribution in [-0.2, 0) is 5.41 Å². The Balaban J connectivity index is 1.01. The molecule has 0 atom stereocenters. The molecule has 0 saturated carbocycles. The first-order chi connectivity index (χ1) is 31.3. The lowest BCUT2D eigenvalue weighted by atomic mass is 9.67. The summed E-state index contributed by atoms with van der Waals surface area (Å²) in [5.74, 6) is 0. The highest BCUT2D eigenvalue weighted by Crippen LogP contribution is 2.56. The zero-order valence-electron chi connectivity index (χ0n) is 34.6. The van der Waals surface area contributed by atoms with Gasteiger partial charge in [0.2, 0.25) is 0 Å². The second-order valence-corrected chi connectivity index (χ2v) is 16.4. The summed E-state index contributed by atoms with van der Waals surface area (Å²) in [6.45, 7) is 0. The Hall–Kier alpha value is -8.20. The van der Waals surface area contributed by atoms with Crippen LogP contribution in [0.1, 0.15) is 22.3 Å². The Bertz CT molecular complexity index is 3350. The molecule has 2 nitrogen and oxygen atoms in total. The summed E-state index contributed by atoms with van der Waals surface area (Å²) in [6.07, 6.45) is 0. The van der Waals surface area contributed by atoms with Gasteiger partial charge in [0.25, 0.3) is 0 Å². The molecule has 0 amide bonds. The molecule has 11 aromatic rings. The standard InChI is InChI=1S/C61H42N2/c1-5-19-45(20-6-1)61(46-21-7-2-8-22-46)57-31-17-15-29-53(57)54-40-38-50(42-58(54)61)63-59-32-18-16-30-55(59)56-39-35-44(41-60(56)63)52-28-14-13-27-51(52)43-33-36-49(37-34-43)62(47-23-9-3-10-24-47)48-25-11-4-12-26-48/h1-42H. The summed E-state index contributed by atoms with van der Waals surface area (Å²) in [7, 11) is 0. The molecule has 10 aromatic carbocycles. The number of aromatic nitrogens is 1. The number of nitrogens with zero attached hydrogens (tertiary/aromatic N) is 2. The number of para-hydroxylation sites is 3. The van der Waals surface area contributed by atoms with E-state index in [9.17, 15) is 0 Å². The summed E-state index contributed by atoms with van der Waals surface area (Å²) in [5.41, 5.74) is 18.8. The first-order valence-corrected chi connectivity index (χ1v) is 21.8. The molecule has 1 aliphatic rings. The van der Waals surface area contributed by atoms with Crippen LogP contribution < -0.4 is 4.90 Å². The highest BCUT2D eigenvalue weighted by molar-refractivity contribution is 6.10. The molecule has 296 valence electrons. The van der Waals surface area contributed by atoms with Gasteiger partial charge in [-0.15, -0.1) is 0 Å². The molecule has 1 aromatic heterocycles. The van der Waals surface area contributed by atoms with E-state index in [1.54, 1.807) is 0 Å². The van der Waals surface area contributed by atoms with Crippen molar-refractivity contribution >= 4 is 38.9 Å². The number of hydrogen-bond donors (Lipinski definition) is 0. The van der Waals surface area contributed by atoms with E-state index in [2.05, 4.69) is 264 Å². The Morgan fingerprint density at radius 1 is 0.302 bits per heavy atom. The Labute approximate surface area is 368 Å². The van der Waals surface area contributed by atoms with Crippen molar-refractivity contribution in [3.05, 3.63) is 277 Å². The lowest BCUT2D eigenvalue weighted by Gasteiger charge is -2.34. The van der Waals surface area contributed by atoms with Crippen LogP contribution in [0.3, 0.4) is 0 Å².